The van der Waals surface area contributed by atoms with E-state index in [2.05, 4.69) is 21.8 Å². The topological polar surface area (TPSA) is 54.6 Å². The molecule has 2 rings (SSSR count). The van der Waals surface area contributed by atoms with E-state index in [1.165, 1.54) is 24.4 Å². The van der Waals surface area contributed by atoms with Gasteiger partial charge in [-0.2, -0.15) is 0 Å². The molecule has 0 bridgehead atoms. The van der Waals surface area contributed by atoms with Gasteiger partial charge in [-0.15, -0.1) is 11.3 Å². The predicted molar refractivity (Wildman–Crippen MR) is 79.3 cm³/mol. The van der Waals surface area contributed by atoms with Gasteiger partial charge in [0, 0.05) is 44.4 Å². The molecule has 2 N–H and O–H groups in total. The Labute approximate surface area is 119 Å². The van der Waals surface area contributed by atoms with Gasteiger partial charge in [-0.1, -0.05) is 0 Å². The number of nitrogens with two attached hydrogens (primary N) is 1. The van der Waals surface area contributed by atoms with Crippen molar-refractivity contribution in [3.8, 4) is 0 Å². The highest BCUT2D eigenvalue weighted by Crippen LogP contribution is 2.20. The second kappa shape index (κ2) is 7.19. The maximum Gasteiger partial charge on any atom is 0.180 e. The van der Waals surface area contributed by atoms with E-state index in [-0.39, 0.29) is 0 Å². The molecule has 1 saturated heterocycles. The fourth-order valence-electron chi connectivity index (χ4n) is 2.65. The third kappa shape index (κ3) is 4.72. The number of thiazole rings is 1. The molecule has 5 nitrogen and oxygen atoms in total. The highest BCUT2D eigenvalue weighted by atomic mass is 32.1. The van der Waals surface area contributed by atoms with Crippen molar-refractivity contribution in [2.45, 2.75) is 13.0 Å². The lowest BCUT2D eigenvalue weighted by molar-refractivity contribution is 0.157. The zero-order valence-corrected chi connectivity index (χ0v) is 12.7. The van der Waals surface area contributed by atoms with Crippen molar-refractivity contribution in [2.24, 2.45) is 5.92 Å². The van der Waals surface area contributed by atoms with Crippen molar-refractivity contribution in [1.82, 2.24) is 14.8 Å². The Balaban J connectivity index is 1.70. The molecule has 1 atom stereocenters. The van der Waals surface area contributed by atoms with Crippen LogP contribution in [0.5, 0.6) is 0 Å². The number of hydrogen-bond acceptors (Lipinski definition) is 6. The predicted octanol–water partition coefficient (Wildman–Crippen LogP) is 1.13. The molecule has 1 aliphatic heterocycles. The number of aromatic nitrogens is 1. The summed E-state index contributed by atoms with van der Waals surface area (Å²) in [5, 5.41) is 0.662. The summed E-state index contributed by atoms with van der Waals surface area (Å²) in [6.07, 6.45) is 3.18. The molecule has 1 fully saturated rings. The van der Waals surface area contributed by atoms with Gasteiger partial charge in [0.15, 0.2) is 5.13 Å². The molecule has 1 aromatic rings. The molecule has 1 unspecified atom stereocenters. The fraction of sp³-hybridized carbons (Fsp3) is 0.769. The van der Waals surface area contributed by atoms with Crippen LogP contribution in [-0.2, 0) is 11.3 Å². The molecule has 0 aliphatic carbocycles. The average molecular weight is 284 g/mol. The number of methoxy groups -OCH3 is 1. The maximum absolute atomic E-state index is 5.65. The molecule has 0 saturated carbocycles. The van der Waals surface area contributed by atoms with Crippen molar-refractivity contribution in [1.29, 1.82) is 0 Å². The SMILES string of the molecule is COCCN1CCC(CN(C)Cc2cnc(N)s2)C1. The normalized spacial score (nSPS) is 20.5. The Kier molecular flexibility index (Phi) is 5.57. The van der Waals surface area contributed by atoms with E-state index in [1.54, 1.807) is 18.4 Å². The summed E-state index contributed by atoms with van der Waals surface area (Å²) in [5.41, 5.74) is 5.65. The van der Waals surface area contributed by atoms with E-state index in [1.807, 2.05) is 6.20 Å². The molecule has 2 heterocycles. The van der Waals surface area contributed by atoms with Gasteiger partial charge in [0.2, 0.25) is 0 Å². The van der Waals surface area contributed by atoms with Crippen molar-refractivity contribution in [3.05, 3.63) is 11.1 Å². The minimum absolute atomic E-state index is 0.662. The van der Waals surface area contributed by atoms with Gasteiger partial charge in [-0.25, -0.2) is 4.98 Å². The quantitative estimate of drug-likeness (QED) is 0.813. The first-order valence-electron chi connectivity index (χ1n) is 6.77. The standard InChI is InChI=1S/C13H24N4OS/c1-16(10-12-7-15-13(14)19-12)8-11-3-4-17(9-11)5-6-18-2/h7,11H,3-6,8-10H2,1-2H3,(H2,14,15). The molecule has 0 aromatic carbocycles. The number of hydrogen-bond donors (Lipinski definition) is 1. The van der Waals surface area contributed by atoms with Crippen LogP contribution in [0.25, 0.3) is 0 Å². The number of ether oxygens (including phenoxy) is 1. The van der Waals surface area contributed by atoms with Crippen molar-refractivity contribution >= 4 is 16.5 Å². The van der Waals surface area contributed by atoms with Crippen LogP contribution in [0.2, 0.25) is 0 Å². The van der Waals surface area contributed by atoms with E-state index >= 15 is 0 Å². The third-order valence-electron chi connectivity index (χ3n) is 3.55. The Bertz CT molecular complexity index is 384. The van der Waals surface area contributed by atoms with Gasteiger partial charge >= 0.3 is 0 Å². The van der Waals surface area contributed by atoms with Crippen LogP contribution in [0.4, 0.5) is 5.13 Å². The Morgan fingerprint density at radius 1 is 1.63 bits per heavy atom. The van der Waals surface area contributed by atoms with Gasteiger partial charge in [0.25, 0.3) is 0 Å². The van der Waals surface area contributed by atoms with E-state index < -0.39 is 0 Å². The maximum atomic E-state index is 5.65. The van der Waals surface area contributed by atoms with Crippen molar-refractivity contribution in [3.63, 3.8) is 0 Å². The second-order valence-corrected chi connectivity index (χ2v) is 6.46. The monoisotopic (exact) mass is 284 g/mol. The Morgan fingerprint density at radius 2 is 2.47 bits per heavy atom. The van der Waals surface area contributed by atoms with Crippen LogP contribution < -0.4 is 5.73 Å². The molecule has 0 amide bonds. The second-order valence-electron chi connectivity index (χ2n) is 5.31. The lowest BCUT2D eigenvalue weighted by Gasteiger charge is -2.20. The molecule has 0 spiro atoms. The Hall–Kier alpha value is -0.690. The zero-order chi connectivity index (χ0) is 13.7. The van der Waals surface area contributed by atoms with E-state index in [0.717, 1.165) is 32.2 Å². The van der Waals surface area contributed by atoms with Crippen LogP contribution >= 0.6 is 11.3 Å². The summed E-state index contributed by atoms with van der Waals surface area (Å²) >= 11 is 1.58. The average Bonchev–Trinajstić information content (AvgIpc) is 2.96. The summed E-state index contributed by atoms with van der Waals surface area (Å²) in [5.74, 6) is 0.770. The molecule has 108 valence electrons. The summed E-state index contributed by atoms with van der Waals surface area (Å²) < 4.78 is 5.13. The highest BCUT2D eigenvalue weighted by Gasteiger charge is 2.23. The van der Waals surface area contributed by atoms with Crippen LogP contribution in [0.3, 0.4) is 0 Å². The lowest BCUT2D eigenvalue weighted by Crippen LogP contribution is -2.29. The van der Waals surface area contributed by atoms with E-state index in [0.29, 0.717) is 5.13 Å². The van der Waals surface area contributed by atoms with Crippen LogP contribution in [0.15, 0.2) is 6.20 Å². The van der Waals surface area contributed by atoms with Gasteiger partial charge in [-0.05, 0) is 25.9 Å². The largest absolute Gasteiger partial charge is 0.383 e. The number of nitrogens with zero attached hydrogens (tertiary/aromatic N) is 3. The highest BCUT2D eigenvalue weighted by molar-refractivity contribution is 7.15. The fourth-order valence-corrected chi connectivity index (χ4v) is 3.42. The van der Waals surface area contributed by atoms with Crippen molar-refractivity contribution in [2.75, 3.05) is 52.7 Å². The summed E-state index contributed by atoms with van der Waals surface area (Å²) in [6, 6.07) is 0. The minimum atomic E-state index is 0.662. The smallest absolute Gasteiger partial charge is 0.180 e. The first-order chi connectivity index (χ1) is 9.17. The molecule has 1 aromatic heterocycles. The molecular formula is C13H24N4OS. The van der Waals surface area contributed by atoms with Crippen LogP contribution in [0.1, 0.15) is 11.3 Å². The zero-order valence-electron chi connectivity index (χ0n) is 11.8. The number of rotatable bonds is 7. The summed E-state index contributed by atoms with van der Waals surface area (Å²) in [4.78, 5) is 10.2. The van der Waals surface area contributed by atoms with Gasteiger partial charge < -0.3 is 20.3 Å². The summed E-state index contributed by atoms with van der Waals surface area (Å²) in [6.45, 7) is 6.38. The molecule has 1 aliphatic rings. The minimum Gasteiger partial charge on any atom is -0.383 e. The lowest BCUT2D eigenvalue weighted by atomic mass is 10.1. The number of anilines is 1. The molecule has 6 heteroatoms. The number of likely N-dealkylation sites (tertiary alicyclic amines) is 1. The molecular weight excluding hydrogens is 260 g/mol. The summed E-state index contributed by atoms with van der Waals surface area (Å²) in [7, 11) is 3.94. The van der Waals surface area contributed by atoms with Crippen LogP contribution in [-0.4, -0.2) is 61.7 Å². The third-order valence-corrected chi connectivity index (χ3v) is 4.36. The van der Waals surface area contributed by atoms with E-state index in [4.69, 9.17) is 10.5 Å². The van der Waals surface area contributed by atoms with Gasteiger partial charge in [0.1, 0.15) is 0 Å². The Morgan fingerprint density at radius 3 is 3.16 bits per heavy atom. The first kappa shape index (κ1) is 14.7. The van der Waals surface area contributed by atoms with Gasteiger partial charge in [-0.3, -0.25) is 0 Å². The molecule has 19 heavy (non-hydrogen) atoms. The van der Waals surface area contributed by atoms with Crippen molar-refractivity contribution < 1.29 is 4.74 Å². The number of nitrogen functional groups attached to an aromatic ring is 1. The van der Waals surface area contributed by atoms with Crippen LogP contribution in [0, 0.1) is 5.92 Å². The first-order valence-corrected chi connectivity index (χ1v) is 7.59. The van der Waals surface area contributed by atoms with E-state index in [9.17, 15) is 0 Å². The van der Waals surface area contributed by atoms with Gasteiger partial charge in [0.05, 0.1) is 6.61 Å². The molecule has 0 radical (unpaired) electrons.